The molecular weight excluding hydrogens is 186 g/mol. The quantitative estimate of drug-likeness (QED) is 0.793. The summed E-state index contributed by atoms with van der Waals surface area (Å²) in [4.78, 5) is 0. The van der Waals surface area contributed by atoms with Crippen molar-refractivity contribution in [3.05, 3.63) is 42.1 Å². The monoisotopic (exact) mass is 201 g/mol. The first-order chi connectivity index (χ1) is 7.22. The Bertz CT molecular complexity index is 471. The van der Waals surface area contributed by atoms with Crippen LogP contribution >= 0.6 is 0 Å². The zero-order valence-electron chi connectivity index (χ0n) is 9.07. The SMILES string of the molecule is CCn1cccc1-c1ccc(O)cc1C. The van der Waals surface area contributed by atoms with Crippen LogP contribution in [0.5, 0.6) is 5.75 Å². The Balaban J connectivity index is 2.54. The van der Waals surface area contributed by atoms with Crippen molar-refractivity contribution >= 4 is 0 Å². The number of phenols is 1. The molecule has 0 atom stereocenters. The van der Waals surface area contributed by atoms with Crippen molar-refractivity contribution in [1.82, 2.24) is 4.57 Å². The van der Waals surface area contributed by atoms with E-state index < -0.39 is 0 Å². The second kappa shape index (κ2) is 3.81. The van der Waals surface area contributed by atoms with E-state index in [9.17, 15) is 5.11 Å². The first kappa shape index (κ1) is 9.84. The molecule has 2 nitrogen and oxygen atoms in total. The van der Waals surface area contributed by atoms with Crippen molar-refractivity contribution in [1.29, 1.82) is 0 Å². The third-order valence-corrected chi connectivity index (χ3v) is 2.66. The Labute approximate surface area is 89.8 Å². The summed E-state index contributed by atoms with van der Waals surface area (Å²) in [6, 6.07) is 9.64. The lowest BCUT2D eigenvalue weighted by Crippen LogP contribution is -1.95. The molecule has 1 N–H and O–H groups in total. The molecule has 0 fully saturated rings. The molecule has 2 rings (SSSR count). The summed E-state index contributed by atoms with van der Waals surface area (Å²) in [5.74, 6) is 0.325. The molecule has 1 aromatic heterocycles. The second-order valence-corrected chi connectivity index (χ2v) is 3.68. The highest BCUT2D eigenvalue weighted by molar-refractivity contribution is 5.65. The number of benzene rings is 1. The van der Waals surface area contributed by atoms with Gasteiger partial charge in [-0.25, -0.2) is 0 Å². The van der Waals surface area contributed by atoms with Crippen molar-refractivity contribution < 1.29 is 5.11 Å². The number of aromatic nitrogens is 1. The summed E-state index contributed by atoms with van der Waals surface area (Å²) in [6.07, 6.45) is 2.07. The van der Waals surface area contributed by atoms with Gasteiger partial charge in [-0.05, 0) is 49.7 Å². The van der Waals surface area contributed by atoms with Crippen LogP contribution in [0.1, 0.15) is 12.5 Å². The number of rotatable bonds is 2. The lowest BCUT2D eigenvalue weighted by Gasteiger charge is -2.09. The molecule has 0 aliphatic rings. The lowest BCUT2D eigenvalue weighted by molar-refractivity contribution is 0.475. The van der Waals surface area contributed by atoms with Crippen LogP contribution in [0.3, 0.4) is 0 Å². The van der Waals surface area contributed by atoms with Crippen LogP contribution in [-0.4, -0.2) is 9.67 Å². The molecule has 2 aromatic rings. The fourth-order valence-corrected chi connectivity index (χ4v) is 1.87. The van der Waals surface area contributed by atoms with Crippen molar-refractivity contribution in [2.75, 3.05) is 0 Å². The summed E-state index contributed by atoms with van der Waals surface area (Å²) < 4.78 is 2.19. The molecule has 0 radical (unpaired) electrons. The third kappa shape index (κ3) is 1.75. The van der Waals surface area contributed by atoms with Gasteiger partial charge in [-0.1, -0.05) is 0 Å². The van der Waals surface area contributed by atoms with E-state index >= 15 is 0 Å². The highest BCUT2D eigenvalue weighted by atomic mass is 16.3. The molecule has 0 saturated carbocycles. The Kier molecular flexibility index (Phi) is 2.50. The molecule has 0 unspecified atom stereocenters. The zero-order valence-corrected chi connectivity index (χ0v) is 9.07. The summed E-state index contributed by atoms with van der Waals surface area (Å²) in [5.41, 5.74) is 3.48. The molecule has 0 aliphatic carbocycles. The first-order valence-corrected chi connectivity index (χ1v) is 5.17. The molecule has 15 heavy (non-hydrogen) atoms. The van der Waals surface area contributed by atoms with Gasteiger partial charge >= 0.3 is 0 Å². The van der Waals surface area contributed by atoms with E-state index in [-0.39, 0.29) is 0 Å². The predicted octanol–water partition coefficient (Wildman–Crippen LogP) is 3.19. The smallest absolute Gasteiger partial charge is 0.115 e. The Morgan fingerprint density at radius 2 is 2.07 bits per heavy atom. The van der Waals surface area contributed by atoms with Gasteiger partial charge in [0.25, 0.3) is 0 Å². The standard InChI is InChI=1S/C13H15NO/c1-3-14-8-4-5-13(14)12-7-6-11(15)9-10(12)2/h4-9,15H,3H2,1-2H3. The second-order valence-electron chi connectivity index (χ2n) is 3.68. The molecule has 0 aliphatic heterocycles. The van der Waals surface area contributed by atoms with E-state index in [1.807, 2.05) is 19.1 Å². The van der Waals surface area contributed by atoms with Crippen LogP contribution in [0.4, 0.5) is 0 Å². The van der Waals surface area contributed by atoms with Gasteiger partial charge in [-0.2, -0.15) is 0 Å². The number of aryl methyl sites for hydroxylation is 2. The molecule has 2 heteroatoms. The average molecular weight is 201 g/mol. The van der Waals surface area contributed by atoms with Crippen molar-refractivity contribution in [3.63, 3.8) is 0 Å². The van der Waals surface area contributed by atoms with Gasteiger partial charge in [-0.3, -0.25) is 0 Å². The Hall–Kier alpha value is -1.70. The minimum atomic E-state index is 0.325. The molecule has 0 spiro atoms. The number of hydrogen-bond donors (Lipinski definition) is 1. The minimum absolute atomic E-state index is 0.325. The topological polar surface area (TPSA) is 25.2 Å². The van der Waals surface area contributed by atoms with E-state index in [0.29, 0.717) is 5.75 Å². The maximum atomic E-state index is 9.35. The van der Waals surface area contributed by atoms with Crippen LogP contribution < -0.4 is 0 Å². The zero-order chi connectivity index (χ0) is 10.8. The van der Waals surface area contributed by atoms with Gasteiger partial charge < -0.3 is 9.67 Å². The van der Waals surface area contributed by atoms with Gasteiger partial charge in [0, 0.05) is 24.0 Å². The maximum absolute atomic E-state index is 9.35. The van der Waals surface area contributed by atoms with Crippen LogP contribution in [-0.2, 0) is 6.54 Å². The van der Waals surface area contributed by atoms with E-state index in [4.69, 9.17) is 0 Å². The van der Waals surface area contributed by atoms with Crippen molar-refractivity contribution in [2.45, 2.75) is 20.4 Å². The van der Waals surface area contributed by atoms with Gasteiger partial charge in [0.05, 0.1) is 0 Å². The number of nitrogens with zero attached hydrogens (tertiary/aromatic N) is 1. The van der Waals surface area contributed by atoms with E-state index in [0.717, 1.165) is 12.1 Å². The first-order valence-electron chi connectivity index (χ1n) is 5.17. The van der Waals surface area contributed by atoms with Crippen LogP contribution in [0, 0.1) is 6.92 Å². The predicted molar refractivity (Wildman–Crippen MR) is 61.9 cm³/mol. The van der Waals surface area contributed by atoms with Gasteiger partial charge in [0.1, 0.15) is 5.75 Å². The summed E-state index contributed by atoms with van der Waals surface area (Å²) in [5, 5.41) is 9.35. The molecule has 0 saturated heterocycles. The van der Waals surface area contributed by atoms with Crippen molar-refractivity contribution in [3.8, 4) is 17.0 Å². The van der Waals surface area contributed by atoms with E-state index in [1.165, 1.54) is 11.3 Å². The summed E-state index contributed by atoms with van der Waals surface area (Å²) in [7, 11) is 0. The fraction of sp³-hybridized carbons (Fsp3) is 0.231. The van der Waals surface area contributed by atoms with Gasteiger partial charge in [-0.15, -0.1) is 0 Å². The Morgan fingerprint density at radius 3 is 2.73 bits per heavy atom. The maximum Gasteiger partial charge on any atom is 0.115 e. The molecule has 0 amide bonds. The van der Waals surface area contributed by atoms with E-state index in [1.54, 1.807) is 12.1 Å². The molecule has 78 valence electrons. The largest absolute Gasteiger partial charge is 0.508 e. The van der Waals surface area contributed by atoms with Crippen LogP contribution in [0.15, 0.2) is 36.5 Å². The summed E-state index contributed by atoms with van der Waals surface area (Å²) in [6.45, 7) is 5.10. The summed E-state index contributed by atoms with van der Waals surface area (Å²) >= 11 is 0. The van der Waals surface area contributed by atoms with Gasteiger partial charge in [0.15, 0.2) is 0 Å². The van der Waals surface area contributed by atoms with Gasteiger partial charge in [0.2, 0.25) is 0 Å². The normalized spacial score (nSPS) is 10.5. The van der Waals surface area contributed by atoms with Crippen LogP contribution in [0.25, 0.3) is 11.3 Å². The molecular formula is C13H15NO. The number of aromatic hydroxyl groups is 1. The lowest BCUT2D eigenvalue weighted by atomic mass is 10.1. The minimum Gasteiger partial charge on any atom is -0.508 e. The molecule has 0 bridgehead atoms. The van der Waals surface area contributed by atoms with Crippen molar-refractivity contribution in [2.24, 2.45) is 0 Å². The molecule has 1 aromatic carbocycles. The highest BCUT2D eigenvalue weighted by Gasteiger charge is 2.05. The average Bonchev–Trinajstić information content (AvgIpc) is 2.65. The third-order valence-electron chi connectivity index (χ3n) is 2.66. The molecule has 1 heterocycles. The Morgan fingerprint density at radius 1 is 1.27 bits per heavy atom. The van der Waals surface area contributed by atoms with E-state index in [2.05, 4.69) is 23.8 Å². The fourth-order valence-electron chi connectivity index (χ4n) is 1.87. The highest BCUT2D eigenvalue weighted by Crippen LogP contribution is 2.26. The number of hydrogen-bond acceptors (Lipinski definition) is 1. The number of phenolic OH excluding ortho intramolecular Hbond substituents is 1. The van der Waals surface area contributed by atoms with Crippen LogP contribution in [0.2, 0.25) is 0 Å².